The summed E-state index contributed by atoms with van der Waals surface area (Å²) in [5, 5.41) is 0. The van der Waals surface area contributed by atoms with Gasteiger partial charge in [-0.2, -0.15) is 0 Å². The van der Waals surface area contributed by atoms with Crippen LogP contribution in [0.3, 0.4) is 0 Å². The summed E-state index contributed by atoms with van der Waals surface area (Å²) in [4.78, 5) is 0. The lowest BCUT2D eigenvalue weighted by molar-refractivity contribution is 0.183. The van der Waals surface area contributed by atoms with Gasteiger partial charge in [-0.25, -0.2) is 4.39 Å². The van der Waals surface area contributed by atoms with Crippen LogP contribution >= 0.6 is 0 Å². The molecule has 0 bridgehead atoms. The molecule has 2 N–H and O–H groups in total. The Bertz CT molecular complexity index is 329. The standard InChI is InChI=1S/C11H16FNO2/c1-14-7-8-5-9(12)6-11(15-2)10(8)3-4-13/h5-6H,3-4,7,13H2,1-2H3. The summed E-state index contributed by atoms with van der Waals surface area (Å²) in [6.45, 7) is 0.863. The Morgan fingerprint density at radius 2 is 2.07 bits per heavy atom. The third kappa shape index (κ3) is 2.91. The van der Waals surface area contributed by atoms with Crippen molar-refractivity contribution in [3.05, 3.63) is 29.1 Å². The molecular formula is C11H16FNO2. The minimum atomic E-state index is -0.320. The number of hydrogen-bond donors (Lipinski definition) is 1. The van der Waals surface area contributed by atoms with E-state index < -0.39 is 0 Å². The van der Waals surface area contributed by atoms with Crippen molar-refractivity contribution in [2.24, 2.45) is 5.73 Å². The molecule has 84 valence electrons. The molecule has 0 fully saturated rings. The van der Waals surface area contributed by atoms with Gasteiger partial charge in [0.25, 0.3) is 0 Å². The molecule has 0 aliphatic carbocycles. The quantitative estimate of drug-likeness (QED) is 0.805. The molecule has 1 rings (SSSR count). The van der Waals surface area contributed by atoms with Crippen LogP contribution in [0.15, 0.2) is 12.1 Å². The third-order valence-electron chi connectivity index (χ3n) is 2.18. The van der Waals surface area contributed by atoms with Crippen LogP contribution < -0.4 is 10.5 Å². The molecule has 0 radical (unpaired) electrons. The SMILES string of the molecule is COCc1cc(F)cc(OC)c1CCN. The summed E-state index contributed by atoms with van der Waals surface area (Å²) >= 11 is 0. The normalized spacial score (nSPS) is 10.4. The predicted molar refractivity (Wildman–Crippen MR) is 56.4 cm³/mol. The van der Waals surface area contributed by atoms with Crippen molar-refractivity contribution in [3.63, 3.8) is 0 Å². The lowest BCUT2D eigenvalue weighted by Crippen LogP contribution is -2.08. The molecule has 1 aromatic rings. The van der Waals surface area contributed by atoms with Crippen LogP contribution in [0.5, 0.6) is 5.75 Å². The van der Waals surface area contributed by atoms with Crippen molar-refractivity contribution in [3.8, 4) is 5.75 Å². The number of ether oxygens (including phenoxy) is 2. The van der Waals surface area contributed by atoms with Gasteiger partial charge in [0.2, 0.25) is 0 Å². The first-order valence-corrected chi connectivity index (χ1v) is 4.77. The first-order valence-electron chi connectivity index (χ1n) is 4.77. The summed E-state index contributed by atoms with van der Waals surface area (Å²) < 4.78 is 23.3. The Labute approximate surface area is 89.0 Å². The van der Waals surface area contributed by atoms with E-state index in [1.165, 1.54) is 19.2 Å². The molecule has 4 heteroatoms. The Morgan fingerprint density at radius 3 is 2.60 bits per heavy atom. The molecule has 0 saturated carbocycles. The summed E-state index contributed by atoms with van der Waals surface area (Å²) in [7, 11) is 3.09. The number of rotatable bonds is 5. The topological polar surface area (TPSA) is 44.5 Å². The number of nitrogens with two attached hydrogens (primary N) is 1. The van der Waals surface area contributed by atoms with Crippen molar-refractivity contribution in [2.75, 3.05) is 20.8 Å². The zero-order chi connectivity index (χ0) is 11.3. The van der Waals surface area contributed by atoms with E-state index in [-0.39, 0.29) is 5.82 Å². The predicted octanol–water partition coefficient (Wildman–Crippen LogP) is 1.48. The van der Waals surface area contributed by atoms with E-state index >= 15 is 0 Å². The van der Waals surface area contributed by atoms with E-state index in [0.717, 1.165) is 11.1 Å². The molecule has 0 aliphatic rings. The van der Waals surface area contributed by atoms with Crippen molar-refractivity contribution < 1.29 is 13.9 Å². The number of hydrogen-bond acceptors (Lipinski definition) is 3. The van der Waals surface area contributed by atoms with Gasteiger partial charge in [-0.15, -0.1) is 0 Å². The maximum Gasteiger partial charge on any atom is 0.127 e. The van der Waals surface area contributed by atoms with Crippen molar-refractivity contribution >= 4 is 0 Å². The fourth-order valence-corrected chi connectivity index (χ4v) is 1.56. The molecule has 3 nitrogen and oxygen atoms in total. The average Bonchev–Trinajstić information content (AvgIpc) is 2.22. The van der Waals surface area contributed by atoms with E-state index in [0.29, 0.717) is 25.3 Å². The van der Waals surface area contributed by atoms with Gasteiger partial charge in [-0.3, -0.25) is 0 Å². The number of benzene rings is 1. The van der Waals surface area contributed by atoms with Gasteiger partial charge < -0.3 is 15.2 Å². The fourth-order valence-electron chi connectivity index (χ4n) is 1.56. The van der Waals surface area contributed by atoms with Gasteiger partial charge in [0.1, 0.15) is 11.6 Å². The largest absolute Gasteiger partial charge is 0.496 e. The van der Waals surface area contributed by atoms with E-state index in [1.807, 2.05) is 0 Å². The second-order valence-electron chi connectivity index (χ2n) is 3.22. The van der Waals surface area contributed by atoms with Crippen LogP contribution in [0.4, 0.5) is 4.39 Å². The van der Waals surface area contributed by atoms with E-state index in [1.54, 1.807) is 7.11 Å². The van der Waals surface area contributed by atoms with E-state index in [2.05, 4.69) is 0 Å². The zero-order valence-electron chi connectivity index (χ0n) is 9.05. The smallest absolute Gasteiger partial charge is 0.127 e. The lowest BCUT2D eigenvalue weighted by atomic mass is 10.0. The van der Waals surface area contributed by atoms with Crippen LogP contribution in [0.1, 0.15) is 11.1 Å². The van der Waals surface area contributed by atoms with Gasteiger partial charge in [-0.05, 0) is 24.6 Å². The Kier molecular flexibility index (Phi) is 4.52. The zero-order valence-corrected chi connectivity index (χ0v) is 9.05. The van der Waals surface area contributed by atoms with Gasteiger partial charge in [0.05, 0.1) is 13.7 Å². The second-order valence-corrected chi connectivity index (χ2v) is 3.22. The van der Waals surface area contributed by atoms with Crippen LogP contribution in [0.25, 0.3) is 0 Å². The summed E-state index contributed by atoms with van der Waals surface area (Å²) in [5.41, 5.74) is 7.21. The van der Waals surface area contributed by atoms with Crippen LogP contribution in [-0.4, -0.2) is 20.8 Å². The lowest BCUT2D eigenvalue weighted by Gasteiger charge is -2.13. The second kappa shape index (κ2) is 5.68. The highest BCUT2D eigenvalue weighted by atomic mass is 19.1. The third-order valence-corrected chi connectivity index (χ3v) is 2.18. The highest BCUT2D eigenvalue weighted by Crippen LogP contribution is 2.25. The minimum absolute atomic E-state index is 0.320. The Hall–Kier alpha value is -1.13. The molecule has 0 unspecified atom stereocenters. The average molecular weight is 213 g/mol. The molecule has 0 aromatic heterocycles. The monoisotopic (exact) mass is 213 g/mol. The Balaban J connectivity index is 3.14. The summed E-state index contributed by atoms with van der Waals surface area (Å²) in [5.74, 6) is 0.215. The molecule has 0 saturated heterocycles. The molecule has 15 heavy (non-hydrogen) atoms. The first-order chi connectivity index (χ1) is 7.22. The highest BCUT2D eigenvalue weighted by Gasteiger charge is 2.10. The van der Waals surface area contributed by atoms with Gasteiger partial charge in [0.15, 0.2) is 0 Å². The molecule has 1 aromatic carbocycles. The molecule has 0 aliphatic heterocycles. The summed E-state index contributed by atoms with van der Waals surface area (Å²) in [6, 6.07) is 2.82. The van der Waals surface area contributed by atoms with Crippen molar-refractivity contribution in [2.45, 2.75) is 13.0 Å². The number of methoxy groups -OCH3 is 2. The molecule has 0 atom stereocenters. The first kappa shape index (κ1) is 11.9. The van der Waals surface area contributed by atoms with E-state index in [4.69, 9.17) is 15.2 Å². The molecular weight excluding hydrogens is 197 g/mol. The molecule has 0 amide bonds. The Morgan fingerprint density at radius 1 is 1.33 bits per heavy atom. The molecule has 0 spiro atoms. The van der Waals surface area contributed by atoms with Crippen LogP contribution in [0, 0.1) is 5.82 Å². The van der Waals surface area contributed by atoms with Gasteiger partial charge in [-0.1, -0.05) is 0 Å². The van der Waals surface area contributed by atoms with Gasteiger partial charge >= 0.3 is 0 Å². The van der Waals surface area contributed by atoms with E-state index in [9.17, 15) is 4.39 Å². The maximum absolute atomic E-state index is 13.2. The summed E-state index contributed by atoms with van der Waals surface area (Å²) in [6.07, 6.45) is 0.655. The number of halogens is 1. The highest BCUT2D eigenvalue weighted by molar-refractivity contribution is 5.41. The fraction of sp³-hybridized carbons (Fsp3) is 0.455. The van der Waals surface area contributed by atoms with Crippen LogP contribution in [0.2, 0.25) is 0 Å². The van der Waals surface area contributed by atoms with Crippen LogP contribution in [-0.2, 0) is 17.8 Å². The minimum Gasteiger partial charge on any atom is -0.496 e. The van der Waals surface area contributed by atoms with Crippen molar-refractivity contribution in [1.82, 2.24) is 0 Å². The van der Waals surface area contributed by atoms with Crippen molar-refractivity contribution in [1.29, 1.82) is 0 Å². The molecule has 0 heterocycles. The maximum atomic E-state index is 13.2. The van der Waals surface area contributed by atoms with Gasteiger partial charge in [0, 0.05) is 18.7 Å².